The zero-order chi connectivity index (χ0) is 24.2. The highest BCUT2D eigenvalue weighted by molar-refractivity contribution is 5.95. The Balaban J connectivity index is 1.70. The summed E-state index contributed by atoms with van der Waals surface area (Å²) in [6.07, 6.45) is -0.198. The minimum absolute atomic E-state index is 0.000974. The van der Waals surface area contributed by atoms with E-state index in [-0.39, 0.29) is 36.6 Å². The summed E-state index contributed by atoms with van der Waals surface area (Å²) in [4.78, 5) is 27.7. The van der Waals surface area contributed by atoms with Crippen LogP contribution < -0.4 is 0 Å². The number of allylic oxidation sites excluding steroid dienone is 1. The number of hydrogen-bond acceptors (Lipinski definition) is 3. The van der Waals surface area contributed by atoms with E-state index in [1.165, 1.54) is 23.1 Å². The Morgan fingerprint density at radius 1 is 0.941 bits per heavy atom. The molecule has 3 aromatic carbocycles. The van der Waals surface area contributed by atoms with Gasteiger partial charge in [0.1, 0.15) is 24.1 Å². The van der Waals surface area contributed by atoms with Crippen LogP contribution in [0.25, 0.3) is 0 Å². The number of carbonyl (C=O) groups is 2. The normalized spacial score (nSPS) is 16.1. The molecule has 1 aliphatic rings. The van der Waals surface area contributed by atoms with Crippen molar-refractivity contribution in [2.75, 3.05) is 0 Å². The molecule has 0 spiro atoms. The van der Waals surface area contributed by atoms with Gasteiger partial charge in [0.05, 0.1) is 12.1 Å². The van der Waals surface area contributed by atoms with Gasteiger partial charge in [-0.2, -0.15) is 0 Å². The molecule has 0 unspecified atom stereocenters. The highest BCUT2D eigenvalue weighted by Gasteiger charge is 2.38. The summed E-state index contributed by atoms with van der Waals surface area (Å²) in [5.74, 6) is -3.96. The van der Waals surface area contributed by atoms with Crippen molar-refractivity contribution in [2.45, 2.75) is 32.4 Å². The molecule has 1 amide bonds. The molecule has 174 valence electrons. The number of ether oxygens (including phenoxy) is 1. The van der Waals surface area contributed by atoms with Crippen LogP contribution in [0.4, 0.5) is 13.2 Å². The zero-order valence-corrected chi connectivity index (χ0v) is 18.4. The quantitative estimate of drug-likeness (QED) is 0.443. The number of esters is 1. The molecule has 0 aliphatic carbocycles. The average molecular weight is 465 g/mol. The summed E-state index contributed by atoms with van der Waals surface area (Å²) >= 11 is 0. The lowest BCUT2D eigenvalue weighted by molar-refractivity contribution is -0.141. The molecule has 0 bridgehead atoms. The predicted molar refractivity (Wildman–Crippen MR) is 120 cm³/mol. The van der Waals surface area contributed by atoms with Crippen LogP contribution in [0.1, 0.15) is 36.0 Å². The van der Waals surface area contributed by atoms with Gasteiger partial charge in [0, 0.05) is 24.1 Å². The van der Waals surface area contributed by atoms with Gasteiger partial charge in [0.2, 0.25) is 5.91 Å². The predicted octanol–water partition coefficient (Wildman–Crippen LogP) is 5.64. The smallest absolute Gasteiger partial charge is 0.336 e. The number of carbonyl (C=O) groups excluding carboxylic acids is 2. The lowest BCUT2D eigenvalue weighted by Gasteiger charge is -2.34. The molecular weight excluding hydrogens is 443 g/mol. The molecule has 0 saturated carbocycles. The topological polar surface area (TPSA) is 46.6 Å². The highest BCUT2D eigenvalue weighted by atomic mass is 19.1. The summed E-state index contributed by atoms with van der Waals surface area (Å²) in [5.41, 5.74) is 1.92. The fourth-order valence-electron chi connectivity index (χ4n) is 4.09. The molecule has 1 atom stereocenters. The largest absolute Gasteiger partial charge is 0.457 e. The van der Waals surface area contributed by atoms with Gasteiger partial charge < -0.3 is 9.64 Å². The fraction of sp³-hybridized carbons (Fsp3) is 0.185. The van der Waals surface area contributed by atoms with E-state index in [4.69, 9.17) is 4.74 Å². The third-order valence-electron chi connectivity index (χ3n) is 5.85. The van der Waals surface area contributed by atoms with Crippen LogP contribution in [0.3, 0.4) is 0 Å². The van der Waals surface area contributed by atoms with Crippen molar-refractivity contribution in [3.8, 4) is 0 Å². The van der Waals surface area contributed by atoms with E-state index in [2.05, 4.69) is 0 Å². The maximum Gasteiger partial charge on any atom is 0.336 e. The lowest BCUT2D eigenvalue weighted by Crippen LogP contribution is -2.38. The first-order valence-corrected chi connectivity index (χ1v) is 10.7. The lowest BCUT2D eigenvalue weighted by atomic mass is 9.83. The molecule has 4 nitrogen and oxygen atoms in total. The second-order valence-corrected chi connectivity index (χ2v) is 8.09. The Kier molecular flexibility index (Phi) is 6.82. The molecule has 0 fully saturated rings. The second-order valence-electron chi connectivity index (χ2n) is 8.09. The van der Waals surface area contributed by atoms with Crippen molar-refractivity contribution >= 4 is 11.9 Å². The van der Waals surface area contributed by atoms with Gasteiger partial charge >= 0.3 is 5.97 Å². The van der Waals surface area contributed by atoms with Gasteiger partial charge in [-0.05, 0) is 41.8 Å². The third-order valence-corrected chi connectivity index (χ3v) is 5.85. The van der Waals surface area contributed by atoms with Gasteiger partial charge in [-0.3, -0.25) is 4.79 Å². The summed E-state index contributed by atoms with van der Waals surface area (Å²) in [6.45, 7) is 1.70. The second kappa shape index (κ2) is 9.95. The molecule has 0 radical (unpaired) electrons. The monoisotopic (exact) mass is 465 g/mol. The molecule has 0 N–H and O–H groups in total. The Morgan fingerprint density at radius 3 is 2.29 bits per heavy atom. The van der Waals surface area contributed by atoms with Crippen molar-refractivity contribution in [1.29, 1.82) is 0 Å². The van der Waals surface area contributed by atoms with Crippen molar-refractivity contribution in [1.82, 2.24) is 4.90 Å². The molecule has 34 heavy (non-hydrogen) atoms. The van der Waals surface area contributed by atoms with Crippen molar-refractivity contribution in [3.05, 3.63) is 118 Å². The first-order chi connectivity index (χ1) is 16.3. The molecule has 0 aromatic heterocycles. The molecule has 1 aliphatic heterocycles. The van der Waals surface area contributed by atoms with E-state index in [9.17, 15) is 22.8 Å². The standard InChI is InChI=1S/C27H22F3NO3/c1-17-26(27(33)34-16-19-5-3-2-4-6-19)23(22-12-11-21(29)13-24(22)30)14-25(32)31(17)15-18-7-9-20(28)10-8-18/h2-13,23H,14-16H2,1H3/t23-/m0/s1. The maximum absolute atomic E-state index is 14.7. The molecule has 3 aromatic rings. The number of nitrogens with zero attached hydrogens (tertiary/aromatic N) is 1. The van der Waals surface area contributed by atoms with E-state index >= 15 is 0 Å². The van der Waals surface area contributed by atoms with Crippen molar-refractivity contribution in [3.63, 3.8) is 0 Å². The van der Waals surface area contributed by atoms with Crippen LogP contribution in [0.15, 0.2) is 84.1 Å². The first-order valence-electron chi connectivity index (χ1n) is 10.7. The van der Waals surface area contributed by atoms with Gasteiger partial charge in [-0.25, -0.2) is 18.0 Å². The minimum Gasteiger partial charge on any atom is -0.457 e. The van der Waals surface area contributed by atoms with E-state index in [1.54, 1.807) is 31.2 Å². The number of hydrogen-bond donors (Lipinski definition) is 0. The van der Waals surface area contributed by atoms with Crippen LogP contribution in [0, 0.1) is 17.5 Å². The molecule has 4 rings (SSSR count). The summed E-state index contributed by atoms with van der Waals surface area (Å²) < 4.78 is 47.0. The Bertz CT molecular complexity index is 1240. The van der Waals surface area contributed by atoms with E-state index in [1.807, 2.05) is 18.2 Å². The summed E-state index contributed by atoms with van der Waals surface area (Å²) in [5, 5.41) is 0. The zero-order valence-electron chi connectivity index (χ0n) is 18.4. The van der Waals surface area contributed by atoms with Gasteiger partial charge in [-0.15, -0.1) is 0 Å². The van der Waals surface area contributed by atoms with Crippen LogP contribution >= 0.6 is 0 Å². The van der Waals surface area contributed by atoms with E-state index in [0.717, 1.165) is 17.7 Å². The van der Waals surface area contributed by atoms with Gasteiger partial charge in [-0.1, -0.05) is 48.5 Å². The molecule has 7 heteroatoms. The van der Waals surface area contributed by atoms with Crippen LogP contribution in [-0.2, 0) is 27.5 Å². The SMILES string of the molecule is CC1=C(C(=O)OCc2ccccc2)[C@H](c2ccc(F)cc2F)CC(=O)N1Cc1ccc(F)cc1. The third kappa shape index (κ3) is 5.03. The summed E-state index contributed by atoms with van der Waals surface area (Å²) in [7, 11) is 0. The molecule has 1 heterocycles. The van der Waals surface area contributed by atoms with Crippen LogP contribution in [-0.4, -0.2) is 16.8 Å². The van der Waals surface area contributed by atoms with Crippen LogP contribution in [0.2, 0.25) is 0 Å². The number of halogens is 3. The molecule has 0 saturated heterocycles. The Labute approximate surface area is 195 Å². The van der Waals surface area contributed by atoms with Gasteiger partial charge in [0.25, 0.3) is 0 Å². The van der Waals surface area contributed by atoms with E-state index < -0.39 is 29.3 Å². The highest BCUT2D eigenvalue weighted by Crippen LogP contribution is 2.39. The van der Waals surface area contributed by atoms with Crippen molar-refractivity contribution in [2.24, 2.45) is 0 Å². The van der Waals surface area contributed by atoms with E-state index in [0.29, 0.717) is 11.3 Å². The number of rotatable bonds is 6. The van der Waals surface area contributed by atoms with Gasteiger partial charge in [0.15, 0.2) is 0 Å². The maximum atomic E-state index is 14.7. The first kappa shape index (κ1) is 23.3. The fourth-order valence-corrected chi connectivity index (χ4v) is 4.09. The molecular formula is C27H22F3NO3. The number of benzene rings is 3. The Hall–Kier alpha value is -3.87. The average Bonchev–Trinajstić information content (AvgIpc) is 2.82. The minimum atomic E-state index is -0.930. The summed E-state index contributed by atoms with van der Waals surface area (Å²) in [6, 6.07) is 17.8. The number of amides is 1. The van der Waals surface area contributed by atoms with Crippen molar-refractivity contribution < 1.29 is 27.5 Å². The Morgan fingerprint density at radius 2 is 1.62 bits per heavy atom. The van der Waals surface area contributed by atoms with Crippen LogP contribution in [0.5, 0.6) is 0 Å².